The highest BCUT2D eigenvalue weighted by Crippen LogP contribution is 2.27. The standard InChI is InChI=1S/C12H10N4/c13-11-9-5-7-3-1-2-4-8(7)6-10(9)12(14)16-15-11/h1-6H,(H2,13,15)(H2,14,16). The Kier molecular flexibility index (Phi) is 1.71. The fourth-order valence-electron chi connectivity index (χ4n) is 1.88. The molecule has 16 heavy (non-hydrogen) atoms. The van der Waals surface area contributed by atoms with Gasteiger partial charge in [0.05, 0.1) is 0 Å². The summed E-state index contributed by atoms with van der Waals surface area (Å²) in [4.78, 5) is 0. The number of nitrogens with zero attached hydrogens (tertiary/aromatic N) is 2. The molecule has 3 rings (SSSR count). The quantitative estimate of drug-likeness (QED) is 0.556. The zero-order valence-corrected chi connectivity index (χ0v) is 8.51. The van der Waals surface area contributed by atoms with E-state index in [9.17, 15) is 0 Å². The number of nitrogen functional groups attached to an aromatic ring is 2. The molecule has 4 heteroatoms. The molecule has 2 aromatic carbocycles. The van der Waals surface area contributed by atoms with Gasteiger partial charge in [-0.2, -0.15) is 0 Å². The summed E-state index contributed by atoms with van der Waals surface area (Å²) in [5.41, 5.74) is 11.6. The molecule has 3 aromatic rings. The van der Waals surface area contributed by atoms with Gasteiger partial charge in [-0.1, -0.05) is 24.3 Å². The van der Waals surface area contributed by atoms with Gasteiger partial charge in [0.25, 0.3) is 0 Å². The molecule has 1 aromatic heterocycles. The smallest absolute Gasteiger partial charge is 0.154 e. The van der Waals surface area contributed by atoms with Crippen molar-refractivity contribution in [3.05, 3.63) is 36.4 Å². The lowest BCUT2D eigenvalue weighted by atomic mass is 10.1. The van der Waals surface area contributed by atoms with Crippen molar-refractivity contribution in [2.45, 2.75) is 0 Å². The van der Waals surface area contributed by atoms with Crippen LogP contribution in [0.1, 0.15) is 0 Å². The largest absolute Gasteiger partial charge is 0.382 e. The average Bonchev–Trinajstić information content (AvgIpc) is 2.32. The van der Waals surface area contributed by atoms with Crippen LogP contribution in [0.2, 0.25) is 0 Å². The summed E-state index contributed by atoms with van der Waals surface area (Å²) in [6, 6.07) is 12.0. The van der Waals surface area contributed by atoms with Gasteiger partial charge in [-0.3, -0.25) is 0 Å². The van der Waals surface area contributed by atoms with Gasteiger partial charge in [-0.15, -0.1) is 10.2 Å². The lowest BCUT2D eigenvalue weighted by Gasteiger charge is -2.05. The lowest BCUT2D eigenvalue weighted by Crippen LogP contribution is -1.99. The van der Waals surface area contributed by atoms with E-state index in [1.165, 1.54) is 0 Å². The Hall–Kier alpha value is -2.36. The van der Waals surface area contributed by atoms with E-state index in [0.717, 1.165) is 21.5 Å². The Bertz CT molecular complexity index is 631. The normalized spacial score (nSPS) is 11.0. The molecule has 1 heterocycles. The fourth-order valence-corrected chi connectivity index (χ4v) is 1.88. The maximum absolute atomic E-state index is 5.79. The highest BCUT2D eigenvalue weighted by Gasteiger charge is 2.05. The van der Waals surface area contributed by atoms with Crippen molar-refractivity contribution in [3.8, 4) is 0 Å². The third-order valence-electron chi connectivity index (χ3n) is 2.70. The number of hydrogen-bond donors (Lipinski definition) is 2. The van der Waals surface area contributed by atoms with Gasteiger partial charge in [0, 0.05) is 10.8 Å². The highest BCUT2D eigenvalue weighted by molar-refractivity contribution is 6.05. The van der Waals surface area contributed by atoms with Crippen molar-refractivity contribution in [2.75, 3.05) is 11.5 Å². The number of anilines is 2. The van der Waals surface area contributed by atoms with E-state index in [-0.39, 0.29) is 0 Å². The summed E-state index contributed by atoms with van der Waals surface area (Å²) in [6.07, 6.45) is 0. The summed E-state index contributed by atoms with van der Waals surface area (Å²) < 4.78 is 0. The number of hydrogen-bond acceptors (Lipinski definition) is 4. The fraction of sp³-hybridized carbons (Fsp3) is 0. The van der Waals surface area contributed by atoms with Crippen LogP contribution >= 0.6 is 0 Å². The third-order valence-corrected chi connectivity index (χ3v) is 2.70. The second-order valence-electron chi connectivity index (χ2n) is 3.72. The molecule has 0 unspecified atom stereocenters. The average molecular weight is 210 g/mol. The topological polar surface area (TPSA) is 77.8 Å². The molecule has 4 N–H and O–H groups in total. The molecule has 0 aliphatic carbocycles. The first-order valence-corrected chi connectivity index (χ1v) is 4.96. The molecule has 0 spiro atoms. The number of nitrogens with two attached hydrogens (primary N) is 2. The molecule has 0 bridgehead atoms. The van der Waals surface area contributed by atoms with Crippen LogP contribution in [0.3, 0.4) is 0 Å². The minimum Gasteiger partial charge on any atom is -0.382 e. The summed E-state index contributed by atoms with van der Waals surface area (Å²) in [5.74, 6) is 0.824. The Balaban J connectivity index is 2.56. The second-order valence-corrected chi connectivity index (χ2v) is 3.72. The van der Waals surface area contributed by atoms with E-state index in [2.05, 4.69) is 10.2 Å². The van der Waals surface area contributed by atoms with E-state index in [1.807, 2.05) is 36.4 Å². The van der Waals surface area contributed by atoms with Crippen molar-refractivity contribution in [2.24, 2.45) is 0 Å². The molecule has 78 valence electrons. The summed E-state index contributed by atoms with van der Waals surface area (Å²) in [6.45, 7) is 0. The zero-order chi connectivity index (χ0) is 11.1. The van der Waals surface area contributed by atoms with Gasteiger partial charge in [0.1, 0.15) is 0 Å². The number of rotatable bonds is 0. The number of benzene rings is 2. The maximum Gasteiger partial charge on any atom is 0.154 e. The van der Waals surface area contributed by atoms with Crippen molar-refractivity contribution in [1.82, 2.24) is 10.2 Å². The monoisotopic (exact) mass is 210 g/mol. The Morgan fingerprint density at radius 2 is 1.19 bits per heavy atom. The van der Waals surface area contributed by atoms with Crippen LogP contribution < -0.4 is 11.5 Å². The SMILES string of the molecule is Nc1nnc(N)c2cc3ccccc3cc12. The van der Waals surface area contributed by atoms with Crippen LogP contribution in [-0.2, 0) is 0 Å². The van der Waals surface area contributed by atoms with Gasteiger partial charge in [0.15, 0.2) is 11.6 Å². The van der Waals surface area contributed by atoms with Crippen LogP contribution in [0.4, 0.5) is 11.6 Å². The van der Waals surface area contributed by atoms with Crippen LogP contribution in [-0.4, -0.2) is 10.2 Å². The highest BCUT2D eigenvalue weighted by atomic mass is 15.2. The van der Waals surface area contributed by atoms with Gasteiger partial charge in [-0.25, -0.2) is 0 Å². The first-order chi connectivity index (χ1) is 7.75. The predicted molar refractivity (Wildman–Crippen MR) is 65.9 cm³/mol. The molecule has 0 atom stereocenters. The Morgan fingerprint density at radius 1 is 0.750 bits per heavy atom. The van der Waals surface area contributed by atoms with Crippen molar-refractivity contribution >= 4 is 33.2 Å². The molecule has 0 radical (unpaired) electrons. The van der Waals surface area contributed by atoms with Crippen LogP contribution in [0.5, 0.6) is 0 Å². The Labute approximate surface area is 91.9 Å². The van der Waals surface area contributed by atoms with Crippen molar-refractivity contribution in [3.63, 3.8) is 0 Å². The van der Waals surface area contributed by atoms with Crippen LogP contribution in [0, 0.1) is 0 Å². The molecule has 0 saturated carbocycles. The first kappa shape index (κ1) is 8.91. The minimum absolute atomic E-state index is 0.412. The number of aromatic nitrogens is 2. The van der Waals surface area contributed by atoms with E-state index < -0.39 is 0 Å². The van der Waals surface area contributed by atoms with Crippen molar-refractivity contribution in [1.29, 1.82) is 0 Å². The van der Waals surface area contributed by atoms with E-state index in [4.69, 9.17) is 11.5 Å². The maximum atomic E-state index is 5.79. The van der Waals surface area contributed by atoms with E-state index in [1.54, 1.807) is 0 Å². The third kappa shape index (κ3) is 1.16. The zero-order valence-electron chi connectivity index (χ0n) is 8.51. The molecule has 4 nitrogen and oxygen atoms in total. The number of fused-ring (bicyclic) bond motifs is 2. The Morgan fingerprint density at radius 3 is 1.62 bits per heavy atom. The van der Waals surface area contributed by atoms with Gasteiger partial charge >= 0.3 is 0 Å². The van der Waals surface area contributed by atoms with Gasteiger partial charge in [0.2, 0.25) is 0 Å². The van der Waals surface area contributed by atoms with Gasteiger partial charge < -0.3 is 11.5 Å². The minimum atomic E-state index is 0.412. The predicted octanol–water partition coefficient (Wildman–Crippen LogP) is 1.95. The molecular weight excluding hydrogens is 200 g/mol. The van der Waals surface area contributed by atoms with Crippen molar-refractivity contribution < 1.29 is 0 Å². The van der Waals surface area contributed by atoms with E-state index >= 15 is 0 Å². The van der Waals surface area contributed by atoms with Gasteiger partial charge in [-0.05, 0) is 22.9 Å². The van der Waals surface area contributed by atoms with Crippen LogP contribution in [0.15, 0.2) is 36.4 Å². The molecule has 0 saturated heterocycles. The second kappa shape index (κ2) is 3.06. The molecule has 0 aliphatic rings. The first-order valence-electron chi connectivity index (χ1n) is 4.96. The summed E-state index contributed by atoms with van der Waals surface area (Å²) >= 11 is 0. The van der Waals surface area contributed by atoms with Crippen LogP contribution in [0.25, 0.3) is 21.5 Å². The molecule has 0 fully saturated rings. The lowest BCUT2D eigenvalue weighted by molar-refractivity contribution is 1.07. The summed E-state index contributed by atoms with van der Waals surface area (Å²) in [7, 11) is 0. The molecular formula is C12H10N4. The summed E-state index contributed by atoms with van der Waals surface area (Å²) in [5, 5.41) is 11.6. The van der Waals surface area contributed by atoms with E-state index in [0.29, 0.717) is 11.6 Å². The molecule has 0 amide bonds. The molecule has 0 aliphatic heterocycles.